The minimum absolute atomic E-state index is 0.0958. The molecular weight excluding hydrogens is 222 g/mol. The van der Waals surface area contributed by atoms with E-state index in [0.717, 1.165) is 18.1 Å². The first-order valence-electron chi connectivity index (χ1n) is 5.74. The molecule has 3 heteroatoms. The molecule has 1 saturated carbocycles. The third-order valence-corrected chi connectivity index (χ3v) is 3.60. The molecule has 88 valence electrons. The van der Waals surface area contributed by atoms with Gasteiger partial charge >= 0.3 is 0 Å². The minimum atomic E-state index is 0.0958. The van der Waals surface area contributed by atoms with E-state index >= 15 is 0 Å². The van der Waals surface area contributed by atoms with E-state index < -0.39 is 0 Å². The van der Waals surface area contributed by atoms with Gasteiger partial charge in [0.2, 0.25) is 0 Å². The number of hydrogen-bond acceptors (Lipinski definition) is 2. The molecule has 1 N–H and O–H groups in total. The zero-order valence-corrected chi connectivity index (χ0v) is 10.4. The Morgan fingerprint density at radius 2 is 2.25 bits per heavy atom. The fraction of sp³-hybridized carbons (Fsp3) is 0.538. The second kappa shape index (κ2) is 5.17. The van der Waals surface area contributed by atoms with Gasteiger partial charge in [0.1, 0.15) is 0 Å². The molecule has 0 aromatic heterocycles. The number of nitrogens with one attached hydrogen (secondary N) is 1. The zero-order chi connectivity index (χ0) is 11.4. The summed E-state index contributed by atoms with van der Waals surface area (Å²) in [5.41, 5.74) is 1.32. The highest BCUT2D eigenvalue weighted by molar-refractivity contribution is 6.30. The number of methoxy groups -OCH3 is 1. The maximum Gasteiger partial charge on any atom is 0.0802 e. The fourth-order valence-electron chi connectivity index (χ4n) is 2.11. The van der Waals surface area contributed by atoms with E-state index in [1.54, 1.807) is 7.11 Å². The van der Waals surface area contributed by atoms with Gasteiger partial charge in [0.15, 0.2) is 0 Å². The highest BCUT2D eigenvalue weighted by Crippen LogP contribution is 2.34. The van der Waals surface area contributed by atoms with Crippen molar-refractivity contribution in [3.8, 4) is 0 Å². The van der Waals surface area contributed by atoms with Crippen LogP contribution in [0.3, 0.4) is 0 Å². The van der Waals surface area contributed by atoms with Gasteiger partial charge in [-0.25, -0.2) is 0 Å². The lowest BCUT2D eigenvalue weighted by Gasteiger charge is -2.40. The quantitative estimate of drug-likeness (QED) is 0.853. The molecule has 1 aromatic carbocycles. The van der Waals surface area contributed by atoms with Crippen molar-refractivity contribution < 1.29 is 4.74 Å². The first-order chi connectivity index (χ1) is 7.74. The summed E-state index contributed by atoms with van der Waals surface area (Å²) in [5, 5.41) is 4.23. The lowest BCUT2D eigenvalue weighted by Crippen LogP contribution is -2.47. The Morgan fingerprint density at radius 3 is 2.81 bits per heavy atom. The first kappa shape index (κ1) is 11.9. The van der Waals surface area contributed by atoms with Crippen LogP contribution in [-0.4, -0.2) is 19.3 Å². The molecule has 0 spiro atoms. The van der Waals surface area contributed by atoms with Crippen LogP contribution in [0.4, 0.5) is 0 Å². The zero-order valence-electron chi connectivity index (χ0n) is 9.63. The van der Waals surface area contributed by atoms with Crippen LogP contribution in [0.1, 0.15) is 24.8 Å². The van der Waals surface area contributed by atoms with E-state index in [1.807, 2.05) is 18.2 Å². The highest BCUT2D eigenvalue weighted by atomic mass is 35.5. The van der Waals surface area contributed by atoms with Crippen molar-refractivity contribution in [1.82, 2.24) is 5.32 Å². The first-order valence-corrected chi connectivity index (χ1v) is 6.12. The Hall–Kier alpha value is -0.570. The minimum Gasteiger partial charge on any atom is -0.377 e. The molecule has 1 fully saturated rings. The van der Waals surface area contributed by atoms with E-state index in [2.05, 4.69) is 11.4 Å². The van der Waals surface area contributed by atoms with E-state index in [9.17, 15) is 0 Å². The third-order valence-electron chi connectivity index (χ3n) is 3.36. The monoisotopic (exact) mass is 239 g/mol. The Balaban J connectivity index is 1.79. The maximum absolute atomic E-state index is 5.93. The van der Waals surface area contributed by atoms with E-state index in [-0.39, 0.29) is 5.60 Å². The fourth-order valence-corrected chi connectivity index (χ4v) is 2.32. The lowest BCUT2D eigenvalue weighted by molar-refractivity contribution is -0.0695. The predicted molar refractivity (Wildman–Crippen MR) is 66.7 cm³/mol. The van der Waals surface area contributed by atoms with Crippen molar-refractivity contribution in [2.75, 3.05) is 13.7 Å². The molecule has 0 aliphatic heterocycles. The van der Waals surface area contributed by atoms with Crippen LogP contribution >= 0.6 is 11.6 Å². The van der Waals surface area contributed by atoms with Crippen molar-refractivity contribution in [2.45, 2.75) is 31.4 Å². The van der Waals surface area contributed by atoms with Gasteiger partial charge in [0, 0.05) is 25.2 Å². The maximum atomic E-state index is 5.93. The van der Waals surface area contributed by atoms with Gasteiger partial charge in [-0.1, -0.05) is 23.7 Å². The van der Waals surface area contributed by atoms with Crippen LogP contribution in [-0.2, 0) is 11.3 Å². The Bertz CT molecular complexity index is 344. The molecule has 0 heterocycles. The van der Waals surface area contributed by atoms with Crippen LogP contribution < -0.4 is 5.32 Å². The van der Waals surface area contributed by atoms with Crippen molar-refractivity contribution in [1.29, 1.82) is 0 Å². The molecule has 1 aromatic rings. The van der Waals surface area contributed by atoms with E-state index in [1.165, 1.54) is 24.8 Å². The Labute approximate surface area is 102 Å². The van der Waals surface area contributed by atoms with Gasteiger partial charge < -0.3 is 10.1 Å². The largest absolute Gasteiger partial charge is 0.377 e. The van der Waals surface area contributed by atoms with E-state index in [4.69, 9.17) is 16.3 Å². The number of ether oxygens (including phenoxy) is 1. The van der Waals surface area contributed by atoms with Crippen LogP contribution in [0.15, 0.2) is 24.3 Å². The lowest BCUT2D eigenvalue weighted by atomic mass is 9.80. The topological polar surface area (TPSA) is 21.3 Å². The highest BCUT2D eigenvalue weighted by Gasteiger charge is 2.36. The van der Waals surface area contributed by atoms with Crippen molar-refractivity contribution in [2.24, 2.45) is 0 Å². The predicted octanol–water partition coefficient (Wildman–Crippen LogP) is 3.00. The van der Waals surface area contributed by atoms with Gasteiger partial charge in [0.25, 0.3) is 0 Å². The standard InChI is InChI=1S/C13H18ClNO/c1-16-13(6-3-7-13)10-15-9-11-4-2-5-12(14)8-11/h2,4-5,8,15H,3,6-7,9-10H2,1H3. The molecule has 0 atom stereocenters. The summed E-state index contributed by atoms with van der Waals surface area (Å²) in [6.45, 7) is 1.78. The molecule has 1 aliphatic carbocycles. The number of hydrogen-bond donors (Lipinski definition) is 1. The molecule has 1 aliphatic rings. The molecular formula is C13H18ClNO. The van der Waals surface area contributed by atoms with Crippen LogP contribution in [0.25, 0.3) is 0 Å². The summed E-state index contributed by atoms with van der Waals surface area (Å²) in [4.78, 5) is 0. The normalized spacial score (nSPS) is 18.1. The van der Waals surface area contributed by atoms with Gasteiger partial charge in [-0.2, -0.15) is 0 Å². The molecule has 0 amide bonds. The Morgan fingerprint density at radius 1 is 1.44 bits per heavy atom. The van der Waals surface area contributed by atoms with Crippen molar-refractivity contribution in [3.63, 3.8) is 0 Å². The summed E-state index contributed by atoms with van der Waals surface area (Å²) in [6, 6.07) is 7.95. The third kappa shape index (κ3) is 2.76. The smallest absolute Gasteiger partial charge is 0.0802 e. The average molecular weight is 240 g/mol. The van der Waals surface area contributed by atoms with Gasteiger partial charge in [0.05, 0.1) is 5.60 Å². The van der Waals surface area contributed by atoms with Gasteiger partial charge in [-0.15, -0.1) is 0 Å². The average Bonchev–Trinajstić information content (AvgIpc) is 2.22. The van der Waals surface area contributed by atoms with Crippen molar-refractivity contribution in [3.05, 3.63) is 34.9 Å². The summed E-state index contributed by atoms with van der Waals surface area (Å²) < 4.78 is 5.55. The number of halogens is 1. The van der Waals surface area contributed by atoms with E-state index in [0.29, 0.717) is 0 Å². The molecule has 0 unspecified atom stereocenters. The molecule has 0 radical (unpaired) electrons. The number of rotatable bonds is 5. The van der Waals surface area contributed by atoms with Crippen LogP contribution in [0.5, 0.6) is 0 Å². The SMILES string of the molecule is COC1(CNCc2cccc(Cl)c2)CCC1. The van der Waals surface area contributed by atoms with Crippen LogP contribution in [0, 0.1) is 0 Å². The van der Waals surface area contributed by atoms with Crippen LogP contribution in [0.2, 0.25) is 5.02 Å². The summed E-state index contributed by atoms with van der Waals surface area (Å²) >= 11 is 5.93. The van der Waals surface area contributed by atoms with Gasteiger partial charge in [-0.05, 0) is 37.0 Å². The Kier molecular flexibility index (Phi) is 3.85. The van der Waals surface area contributed by atoms with Gasteiger partial charge in [-0.3, -0.25) is 0 Å². The summed E-state index contributed by atoms with van der Waals surface area (Å²) in [6.07, 6.45) is 3.63. The summed E-state index contributed by atoms with van der Waals surface area (Å²) in [7, 11) is 1.81. The summed E-state index contributed by atoms with van der Waals surface area (Å²) in [5.74, 6) is 0. The molecule has 16 heavy (non-hydrogen) atoms. The second-order valence-corrected chi connectivity index (χ2v) is 4.91. The second-order valence-electron chi connectivity index (χ2n) is 4.47. The number of benzene rings is 1. The molecule has 0 bridgehead atoms. The molecule has 0 saturated heterocycles. The molecule has 2 rings (SSSR count). The van der Waals surface area contributed by atoms with Crippen molar-refractivity contribution >= 4 is 11.6 Å². The molecule has 2 nitrogen and oxygen atoms in total.